The molecule has 1 aliphatic rings. The van der Waals surface area contributed by atoms with Crippen molar-refractivity contribution in [3.8, 4) is 0 Å². The van der Waals surface area contributed by atoms with Gasteiger partial charge in [-0.15, -0.1) is 0 Å². The molecule has 0 spiro atoms. The van der Waals surface area contributed by atoms with Crippen molar-refractivity contribution < 1.29 is 4.79 Å². The lowest BCUT2D eigenvalue weighted by Crippen LogP contribution is -2.34. The molecule has 0 aromatic heterocycles. The lowest BCUT2D eigenvalue weighted by Gasteiger charge is -2.03. The summed E-state index contributed by atoms with van der Waals surface area (Å²) >= 11 is 0. The van der Waals surface area contributed by atoms with Crippen molar-refractivity contribution in [3.05, 3.63) is 0 Å². The molecule has 5 nitrogen and oxygen atoms in total. The predicted molar refractivity (Wildman–Crippen MR) is 41.3 cm³/mol. The highest BCUT2D eigenvalue weighted by Gasteiger charge is 2.26. The molecule has 11 heavy (non-hydrogen) atoms. The number of hydrazone groups is 1. The lowest BCUT2D eigenvalue weighted by molar-refractivity contribution is -0.124. The van der Waals surface area contributed by atoms with Crippen LogP contribution in [0.25, 0.3) is 0 Å². The van der Waals surface area contributed by atoms with E-state index >= 15 is 0 Å². The van der Waals surface area contributed by atoms with Gasteiger partial charge in [0.1, 0.15) is 0 Å². The van der Waals surface area contributed by atoms with Gasteiger partial charge in [-0.1, -0.05) is 0 Å². The average molecular weight is 156 g/mol. The van der Waals surface area contributed by atoms with Gasteiger partial charge in [-0.05, 0) is 19.3 Å². The van der Waals surface area contributed by atoms with Gasteiger partial charge in [-0.2, -0.15) is 5.10 Å². The van der Waals surface area contributed by atoms with E-state index in [9.17, 15) is 4.79 Å². The third-order valence-corrected chi connectivity index (χ3v) is 1.96. The van der Waals surface area contributed by atoms with Crippen LogP contribution < -0.4 is 17.1 Å². The fourth-order valence-corrected chi connectivity index (χ4v) is 1.29. The minimum atomic E-state index is -0.122. The number of nitrogens with one attached hydrogen (secondary N) is 1. The lowest BCUT2D eigenvalue weighted by atomic mass is 10.1. The summed E-state index contributed by atoms with van der Waals surface area (Å²) in [6, 6.07) is 0. The molecule has 5 heteroatoms. The van der Waals surface area contributed by atoms with Gasteiger partial charge in [0, 0.05) is 11.6 Å². The second-order valence-corrected chi connectivity index (χ2v) is 2.64. The van der Waals surface area contributed by atoms with Gasteiger partial charge in [0.15, 0.2) is 0 Å². The summed E-state index contributed by atoms with van der Waals surface area (Å²) in [5, 5.41) is 3.55. The highest BCUT2D eigenvalue weighted by Crippen LogP contribution is 2.22. The number of hydrazine groups is 1. The summed E-state index contributed by atoms with van der Waals surface area (Å²) in [5.74, 6) is 9.88. The molecule has 0 radical (unpaired) electrons. The van der Waals surface area contributed by atoms with E-state index in [0.29, 0.717) is 6.42 Å². The molecule has 1 rings (SSSR count). The van der Waals surface area contributed by atoms with E-state index in [1.54, 1.807) is 0 Å². The Kier molecular flexibility index (Phi) is 2.43. The summed E-state index contributed by atoms with van der Waals surface area (Å²) in [5.41, 5.74) is 3.02. The van der Waals surface area contributed by atoms with E-state index in [-0.39, 0.29) is 11.8 Å². The second kappa shape index (κ2) is 3.34. The van der Waals surface area contributed by atoms with Gasteiger partial charge in [-0.25, -0.2) is 5.84 Å². The quantitative estimate of drug-likeness (QED) is 0.260. The molecule has 62 valence electrons. The highest BCUT2D eigenvalue weighted by molar-refractivity contribution is 5.92. The first-order valence-electron chi connectivity index (χ1n) is 3.54. The number of nitrogens with zero attached hydrogens (tertiary/aromatic N) is 1. The van der Waals surface area contributed by atoms with Crippen LogP contribution in [0.4, 0.5) is 0 Å². The Morgan fingerprint density at radius 1 is 1.73 bits per heavy atom. The van der Waals surface area contributed by atoms with Crippen LogP contribution in [0, 0.1) is 5.92 Å². The molecule has 0 heterocycles. The number of rotatable bonds is 1. The van der Waals surface area contributed by atoms with Crippen molar-refractivity contribution in [2.45, 2.75) is 19.3 Å². The van der Waals surface area contributed by atoms with Crippen LogP contribution in [-0.4, -0.2) is 11.6 Å². The van der Waals surface area contributed by atoms with Crippen LogP contribution in [-0.2, 0) is 4.79 Å². The monoisotopic (exact) mass is 156 g/mol. The predicted octanol–water partition coefficient (Wildman–Crippen LogP) is -0.909. The zero-order valence-electron chi connectivity index (χ0n) is 6.21. The summed E-state index contributed by atoms with van der Waals surface area (Å²) in [4.78, 5) is 10.9. The summed E-state index contributed by atoms with van der Waals surface area (Å²) in [6.07, 6.45) is 2.27. The van der Waals surface area contributed by atoms with Crippen molar-refractivity contribution in [1.82, 2.24) is 5.43 Å². The van der Waals surface area contributed by atoms with Crippen LogP contribution in [0.15, 0.2) is 5.10 Å². The van der Waals surface area contributed by atoms with E-state index in [1.165, 1.54) is 0 Å². The first-order chi connectivity index (χ1) is 5.27. The topological polar surface area (TPSA) is 93.5 Å². The van der Waals surface area contributed by atoms with Gasteiger partial charge in [0.25, 0.3) is 0 Å². The molecule has 0 unspecified atom stereocenters. The molecule has 0 aromatic carbocycles. The molecular formula is C6H12N4O. The molecule has 1 amide bonds. The molecule has 0 bridgehead atoms. The third-order valence-electron chi connectivity index (χ3n) is 1.96. The van der Waals surface area contributed by atoms with Gasteiger partial charge in [0.2, 0.25) is 5.91 Å². The first-order valence-corrected chi connectivity index (χ1v) is 3.54. The van der Waals surface area contributed by atoms with Gasteiger partial charge in [-0.3, -0.25) is 10.2 Å². The maximum atomic E-state index is 10.9. The molecule has 5 N–H and O–H groups in total. The van der Waals surface area contributed by atoms with Crippen molar-refractivity contribution in [2.75, 3.05) is 0 Å². The second-order valence-electron chi connectivity index (χ2n) is 2.64. The molecular weight excluding hydrogens is 144 g/mol. The zero-order chi connectivity index (χ0) is 8.27. The normalized spacial score (nSPS) is 27.4. The number of carbonyl (C=O) groups excluding carboxylic acids is 1. The Hall–Kier alpha value is -1.10. The molecule has 0 saturated heterocycles. The summed E-state index contributed by atoms with van der Waals surface area (Å²) in [7, 11) is 0. The van der Waals surface area contributed by atoms with Crippen molar-refractivity contribution in [2.24, 2.45) is 22.7 Å². The minimum absolute atomic E-state index is 0.0256. The number of hydrogen-bond donors (Lipinski definition) is 3. The number of hydrogen-bond acceptors (Lipinski definition) is 4. The standard InChI is InChI=1S/C6H12N4O/c7-9-5-2-1-4(3-5)6(11)10-8/h4H,1-3,7-8H2,(H,10,11)/b9-5-/t4-/m1/s1. The zero-order valence-corrected chi connectivity index (χ0v) is 6.21. The fraction of sp³-hybridized carbons (Fsp3) is 0.667. The van der Waals surface area contributed by atoms with Crippen molar-refractivity contribution in [1.29, 1.82) is 0 Å². The van der Waals surface area contributed by atoms with E-state index in [2.05, 4.69) is 10.5 Å². The number of carbonyl (C=O) groups is 1. The first kappa shape index (κ1) is 8.00. The Bertz CT molecular complexity index is 189. The Morgan fingerprint density at radius 2 is 2.45 bits per heavy atom. The van der Waals surface area contributed by atoms with Crippen LogP contribution in [0.3, 0.4) is 0 Å². The summed E-state index contributed by atoms with van der Waals surface area (Å²) in [6.45, 7) is 0. The Labute approximate surface area is 64.8 Å². The molecule has 1 aliphatic carbocycles. The molecule has 1 saturated carbocycles. The van der Waals surface area contributed by atoms with Crippen LogP contribution in [0.5, 0.6) is 0 Å². The smallest absolute Gasteiger partial charge is 0.237 e. The van der Waals surface area contributed by atoms with Crippen LogP contribution in [0.2, 0.25) is 0 Å². The van der Waals surface area contributed by atoms with Gasteiger partial charge >= 0.3 is 0 Å². The molecule has 1 fully saturated rings. The summed E-state index contributed by atoms with van der Waals surface area (Å²) < 4.78 is 0. The van der Waals surface area contributed by atoms with Gasteiger partial charge < -0.3 is 5.84 Å². The number of amides is 1. The largest absolute Gasteiger partial charge is 0.323 e. The molecule has 1 atom stereocenters. The average Bonchev–Trinajstić information content (AvgIpc) is 2.50. The van der Waals surface area contributed by atoms with Crippen LogP contribution >= 0.6 is 0 Å². The van der Waals surface area contributed by atoms with E-state index in [0.717, 1.165) is 18.6 Å². The third kappa shape index (κ3) is 1.68. The van der Waals surface area contributed by atoms with E-state index in [1.807, 2.05) is 0 Å². The van der Waals surface area contributed by atoms with Crippen molar-refractivity contribution >= 4 is 11.6 Å². The van der Waals surface area contributed by atoms with Crippen molar-refractivity contribution in [3.63, 3.8) is 0 Å². The molecule has 0 aromatic rings. The Balaban J connectivity index is 2.48. The number of nitrogens with two attached hydrogens (primary N) is 2. The van der Waals surface area contributed by atoms with Crippen LogP contribution in [0.1, 0.15) is 19.3 Å². The highest BCUT2D eigenvalue weighted by atomic mass is 16.2. The SMILES string of the molecule is N/N=C1/CC[C@@H](C(=O)NN)C1. The maximum Gasteiger partial charge on any atom is 0.237 e. The maximum absolute atomic E-state index is 10.9. The van der Waals surface area contributed by atoms with E-state index < -0.39 is 0 Å². The molecule has 0 aliphatic heterocycles. The van der Waals surface area contributed by atoms with E-state index in [4.69, 9.17) is 11.7 Å². The Morgan fingerprint density at radius 3 is 2.91 bits per heavy atom. The minimum Gasteiger partial charge on any atom is -0.323 e. The fourth-order valence-electron chi connectivity index (χ4n) is 1.29. The van der Waals surface area contributed by atoms with Gasteiger partial charge in [0.05, 0.1) is 0 Å².